The summed E-state index contributed by atoms with van der Waals surface area (Å²) in [4.78, 5) is 51.8. The molecule has 0 aromatic rings. The molecule has 0 aromatic heterocycles. The molecule has 10 atom stereocenters. The van der Waals surface area contributed by atoms with E-state index in [1.54, 1.807) is 6.92 Å². The summed E-state index contributed by atoms with van der Waals surface area (Å²) in [6.45, 7) is 4.41. The number of carbonyl (C=O) groups excluding carboxylic acids is 2. The third kappa shape index (κ3) is 5.07. The maximum absolute atomic E-state index is 13.5. The number of aliphatic hydroxyl groups is 3. The fourth-order valence-electron chi connectivity index (χ4n) is 5.58. The van der Waals surface area contributed by atoms with Crippen LogP contribution in [0.25, 0.3) is 0 Å². The fraction of sp³-hybridized carbons (Fsp3) is 0.826. The molecule has 3 aliphatic rings. The Kier molecular flexibility index (Phi) is 8.61. The molecule has 1 saturated carbocycles. The third-order valence-electron chi connectivity index (χ3n) is 7.60. The number of hydrogen-bond acceptors (Lipinski definition) is 10. The Morgan fingerprint density at radius 2 is 1.75 bits per heavy atom. The Morgan fingerprint density at radius 1 is 1.11 bits per heavy atom. The third-order valence-corrected chi connectivity index (χ3v) is 7.60. The summed E-state index contributed by atoms with van der Waals surface area (Å²) in [5.74, 6) is -7.68. The second-order valence-electron chi connectivity index (χ2n) is 9.94. The lowest BCUT2D eigenvalue weighted by Crippen LogP contribution is -2.69. The van der Waals surface area contributed by atoms with Gasteiger partial charge in [0.15, 0.2) is 6.10 Å². The molecule has 6 N–H and O–H groups in total. The molecule has 36 heavy (non-hydrogen) atoms. The Bertz CT molecular complexity index is 869. The smallest absolute Gasteiger partial charge is 0.380 e. The van der Waals surface area contributed by atoms with E-state index < -0.39 is 72.1 Å². The van der Waals surface area contributed by atoms with Crippen molar-refractivity contribution < 1.29 is 54.2 Å². The van der Waals surface area contributed by atoms with E-state index in [9.17, 15) is 44.7 Å². The van der Waals surface area contributed by atoms with Crippen molar-refractivity contribution in [3.8, 4) is 0 Å². The highest BCUT2D eigenvalue weighted by molar-refractivity contribution is 5.90. The molecule has 1 aliphatic carbocycles. The van der Waals surface area contributed by atoms with E-state index >= 15 is 0 Å². The van der Waals surface area contributed by atoms with Gasteiger partial charge in [-0.15, -0.1) is 0 Å². The van der Waals surface area contributed by atoms with E-state index in [1.807, 2.05) is 0 Å². The molecule has 3 fully saturated rings. The van der Waals surface area contributed by atoms with E-state index in [2.05, 4.69) is 5.32 Å². The van der Waals surface area contributed by atoms with Gasteiger partial charge in [0, 0.05) is 6.04 Å². The number of rotatable bonds is 8. The number of likely N-dealkylation sites (tertiary alicyclic amines) is 1. The molecular formula is C23H36N2O11. The molecule has 2 heterocycles. The molecule has 13 nitrogen and oxygen atoms in total. The van der Waals surface area contributed by atoms with E-state index in [0.717, 1.165) is 19.3 Å². The average Bonchev–Trinajstić information content (AvgIpc) is 3.23. The number of fused-ring (bicyclic) bond motifs is 1. The number of nitrogens with zero attached hydrogens (tertiary/aromatic N) is 1. The van der Waals surface area contributed by atoms with Crippen LogP contribution in [0.15, 0.2) is 0 Å². The van der Waals surface area contributed by atoms with Crippen LogP contribution < -0.4 is 5.32 Å². The highest BCUT2D eigenvalue weighted by atomic mass is 16.8. The van der Waals surface area contributed by atoms with Crippen molar-refractivity contribution in [1.82, 2.24) is 10.2 Å². The quantitative estimate of drug-likeness (QED) is 0.211. The number of aliphatic carboxylic acids is 2. The summed E-state index contributed by atoms with van der Waals surface area (Å²) in [6, 6.07) is -3.45. The molecule has 2 saturated heterocycles. The van der Waals surface area contributed by atoms with Crippen molar-refractivity contribution in [2.24, 2.45) is 5.92 Å². The summed E-state index contributed by atoms with van der Waals surface area (Å²) >= 11 is 0. The molecule has 0 bridgehead atoms. The first-order valence-electron chi connectivity index (χ1n) is 12.3. The maximum Gasteiger partial charge on any atom is 0.380 e. The Balaban J connectivity index is 1.88. The average molecular weight is 517 g/mol. The molecule has 2 aliphatic heterocycles. The number of carbonyl (C=O) groups is 4. The van der Waals surface area contributed by atoms with Crippen LogP contribution in [0.3, 0.4) is 0 Å². The minimum Gasteiger partial charge on any atom is -0.480 e. The van der Waals surface area contributed by atoms with Crippen LogP contribution in [0, 0.1) is 5.92 Å². The second kappa shape index (κ2) is 11.0. The van der Waals surface area contributed by atoms with E-state index in [0.29, 0.717) is 6.42 Å². The summed E-state index contributed by atoms with van der Waals surface area (Å²) < 4.78 is 10.5. The van der Waals surface area contributed by atoms with Crippen LogP contribution in [0.1, 0.15) is 59.3 Å². The number of esters is 1. The van der Waals surface area contributed by atoms with Crippen LogP contribution in [0.4, 0.5) is 0 Å². The number of carboxylic acid groups (broad SMARTS) is 2. The van der Waals surface area contributed by atoms with Gasteiger partial charge in [-0.25, -0.2) is 9.59 Å². The molecule has 0 radical (unpaired) electrons. The molecule has 204 valence electrons. The number of nitrogens with one attached hydrogen (secondary N) is 1. The van der Waals surface area contributed by atoms with Crippen LogP contribution in [0.5, 0.6) is 0 Å². The molecule has 0 aromatic carbocycles. The van der Waals surface area contributed by atoms with Crippen molar-refractivity contribution in [3.63, 3.8) is 0 Å². The fourth-order valence-corrected chi connectivity index (χ4v) is 5.58. The van der Waals surface area contributed by atoms with Gasteiger partial charge in [-0.3, -0.25) is 14.9 Å². The standard InChI is InChI=1S/C23H36N2O11/c1-4-13(20(30)31)24-10(2)19(29)25-14-8-6-5-7-12(14)9-15(25)21(32)36-23(22(33)34)18(28)17(27)16(26)11(3)35-23/h10-18,24,26-28H,4-9H2,1-3H3,(H,30,31)(H,33,34)/t10?,11-,12+,13?,14+,15+,16-,17+,18-,23-/m1/s1. The number of hydrogen-bond donors (Lipinski definition) is 6. The number of aliphatic hydroxyl groups excluding tert-OH is 3. The predicted molar refractivity (Wildman–Crippen MR) is 120 cm³/mol. The zero-order valence-electron chi connectivity index (χ0n) is 20.6. The van der Waals surface area contributed by atoms with Crippen molar-refractivity contribution >= 4 is 23.8 Å². The van der Waals surface area contributed by atoms with Gasteiger partial charge in [0.1, 0.15) is 24.3 Å². The number of carboxylic acids is 2. The summed E-state index contributed by atoms with van der Waals surface area (Å²) in [6.07, 6.45) is -3.65. The van der Waals surface area contributed by atoms with E-state index in [1.165, 1.54) is 18.7 Å². The van der Waals surface area contributed by atoms with Crippen molar-refractivity contribution in [3.05, 3.63) is 0 Å². The van der Waals surface area contributed by atoms with E-state index in [-0.39, 0.29) is 24.8 Å². The van der Waals surface area contributed by atoms with Crippen LogP contribution in [-0.4, -0.2) is 109 Å². The Hall–Kier alpha value is -2.32. The van der Waals surface area contributed by atoms with Gasteiger partial charge in [0.2, 0.25) is 5.91 Å². The lowest BCUT2D eigenvalue weighted by Gasteiger charge is -2.44. The minimum atomic E-state index is -2.99. The van der Waals surface area contributed by atoms with Gasteiger partial charge >= 0.3 is 23.7 Å². The molecule has 13 heteroatoms. The normalized spacial score (nSPS) is 38.1. The van der Waals surface area contributed by atoms with Crippen molar-refractivity contribution in [2.45, 2.75) is 114 Å². The SMILES string of the molecule is CCC(NC(C)C(=O)N1[C@H](C(=O)O[C@]2(C(=O)O)O[C@H](C)[C@@H](O)[C@H](O)[C@H]2O)C[C@@H]2CCCC[C@@H]21)C(=O)O. The first-order chi connectivity index (χ1) is 16.8. The zero-order valence-corrected chi connectivity index (χ0v) is 20.6. The molecule has 3 rings (SSSR count). The first kappa shape index (κ1) is 28.3. The maximum atomic E-state index is 13.5. The van der Waals surface area contributed by atoms with E-state index in [4.69, 9.17) is 9.47 Å². The highest BCUT2D eigenvalue weighted by Crippen LogP contribution is 2.41. The monoisotopic (exact) mass is 516 g/mol. The second-order valence-corrected chi connectivity index (χ2v) is 9.94. The molecule has 1 amide bonds. The Morgan fingerprint density at radius 3 is 2.33 bits per heavy atom. The highest BCUT2D eigenvalue weighted by Gasteiger charge is 2.62. The van der Waals surface area contributed by atoms with Crippen molar-refractivity contribution in [2.75, 3.05) is 0 Å². The first-order valence-corrected chi connectivity index (χ1v) is 12.3. The van der Waals surface area contributed by atoms with Gasteiger partial charge in [-0.1, -0.05) is 19.8 Å². The summed E-state index contributed by atoms with van der Waals surface area (Å²) in [5, 5.41) is 52.5. The van der Waals surface area contributed by atoms with Gasteiger partial charge in [-0.2, -0.15) is 0 Å². The molecular weight excluding hydrogens is 480 g/mol. The van der Waals surface area contributed by atoms with Crippen molar-refractivity contribution in [1.29, 1.82) is 0 Å². The van der Waals surface area contributed by atoms with Gasteiger partial charge in [0.05, 0.1) is 12.1 Å². The van der Waals surface area contributed by atoms with Crippen LogP contribution in [0.2, 0.25) is 0 Å². The summed E-state index contributed by atoms with van der Waals surface area (Å²) in [7, 11) is 0. The topological polar surface area (TPSA) is 203 Å². The lowest BCUT2D eigenvalue weighted by molar-refractivity contribution is -0.336. The zero-order chi connectivity index (χ0) is 26.9. The van der Waals surface area contributed by atoms with Gasteiger partial charge < -0.3 is 39.9 Å². The van der Waals surface area contributed by atoms with Crippen LogP contribution in [-0.2, 0) is 28.7 Å². The van der Waals surface area contributed by atoms with Gasteiger partial charge in [0.25, 0.3) is 0 Å². The van der Waals surface area contributed by atoms with Gasteiger partial charge in [-0.05, 0) is 45.4 Å². The number of amides is 1. The minimum absolute atomic E-state index is 0.0433. The lowest BCUT2D eigenvalue weighted by atomic mass is 9.84. The molecule has 0 spiro atoms. The van der Waals surface area contributed by atoms with Crippen LogP contribution >= 0.6 is 0 Å². The number of ether oxygens (including phenoxy) is 2. The largest absolute Gasteiger partial charge is 0.480 e. The molecule has 2 unspecified atom stereocenters. The summed E-state index contributed by atoms with van der Waals surface area (Å²) in [5.41, 5.74) is 0. The predicted octanol–water partition coefficient (Wildman–Crippen LogP) is -1.19. The Labute approximate surface area is 208 Å².